The van der Waals surface area contributed by atoms with E-state index in [4.69, 9.17) is 11.6 Å². The Morgan fingerprint density at radius 3 is 2.17 bits per heavy atom. The molecule has 0 saturated carbocycles. The molecule has 0 aromatic rings. The second kappa shape index (κ2) is 3.39. The van der Waals surface area contributed by atoms with E-state index in [0.717, 1.165) is 0 Å². The summed E-state index contributed by atoms with van der Waals surface area (Å²) in [6, 6.07) is -0.293. The van der Waals surface area contributed by atoms with Crippen molar-refractivity contribution in [3.8, 4) is 0 Å². The molecule has 0 rings (SSSR count). The van der Waals surface area contributed by atoms with Crippen LogP contribution in [0.25, 0.3) is 0 Å². The lowest BCUT2D eigenvalue weighted by Gasteiger charge is -1.76. The van der Waals surface area contributed by atoms with E-state index >= 15 is 0 Å². The number of halogens is 1. The molecule has 0 radical (unpaired) electrons. The Hall–Kier alpha value is 0.200. The zero-order valence-corrected chi connectivity index (χ0v) is 4.41. The van der Waals surface area contributed by atoms with Crippen molar-refractivity contribution in [3.05, 3.63) is 0 Å². The Morgan fingerprint density at radius 1 is 1.67 bits per heavy atom. The molecule has 0 fully saturated rings. The van der Waals surface area contributed by atoms with Crippen LogP contribution in [0.3, 0.4) is 0 Å². The third-order valence-electron chi connectivity index (χ3n) is 0.154. The molecule has 0 aliphatic heterocycles. The van der Waals surface area contributed by atoms with Gasteiger partial charge in [0.1, 0.15) is 6.07 Å². The average molecular weight is 131 g/mol. The Balaban J connectivity index is 3.07. The van der Waals surface area contributed by atoms with Crippen molar-refractivity contribution in [3.63, 3.8) is 0 Å². The lowest BCUT2D eigenvalue weighted by molar-refractivity contribution is 0.396. The van der Waals surface area contributed by atoms with Gasteiger partial charge in [0.2, 0.25) is 0 Å². The number of alkyl halides is 1. The first-order valence-electron chi connectivity index (χ1n) is 1.10. The van der Waals surface area contributed by atoms with Crippen molar-refractivity contribution in [1.29, 1.82) is 0 Å². The molecule has 0 amide bonds. The Labute approximate surface area is 42.0 Å². The quantitative estimate of drug-likeness (QED) is 0.413. The minimum Gasteiger partial charge on any atom is -0.256 e. The van der Waals surface area contributed by atoms with Gasteiger partial charge in [0, 0.05) is 0 Å². The summed E-state index contributed by atoms with van der Waals surface area (Å²) in [6.07, 6.45) is 0. The van der Waals surface area contributed by atoms with Crippen LogP contribution in [0.5, 0.6) is 0 Å². The molecule has 5 heteroatoms. The topological polar surface area (TPSA) is 43.4 Å². The van der Waals surface area contributed by atoms with Gasteiger partial charge in [-0.1, -0.05) is 11.6 Å². The number of rotatable bonds is 2. The molecule has 0 aromatic heterocycles. The first-order valence-corrected chi connectivity index (χ1v) is 2.73. The predicted octanol–water partition coefficient (Wildman–Crippen LogP) is -0.274. The van der Waals surface area contributed by atoms with E-state index in [9.17, 15) is 8.42 Å². The molecule has 0 atom stereocenters. The fourth-order valence-electron chi connectivity index (χ4n) is 0.0398. The smallest absolute Gasteiger partial charge is 0.256 e. The van der Waals surface area contributed by atoms with Crippen LogP contribution in [0.4, 0.5) is 0 Å². The van der Waals surface area contributed by atoms with Gasteiger partial charge < -0.3 is 0 Å². The van der Waals surface area contributed by atoms with Crippen LogP contribution < -0.4 is 0 Å². The highest BCUT2D eigenvalue weighted by Crippen LogP contribution is 1.74. The maximum Gasteiger partial charge on any atom is 0.258 e. The van der Waals surface area contributed by atoms with E-state index in [1.807, 2.05) is 0 Å². The molecule has 0 spiro atoms. The largest absolute Gasteiger partial charge is 0.258 e. The molecule has 38 valence electrons. The lowest BCUT2D eigenvalue weighted by Crippen LogP contribution is -1.80. The molecular weight excluding hydrogens is 128 g/mol. The average Bonchev–Trinajstić information content (AvgIpc) is 1.35. The highest BCUT2D eigenvalue weighted by molar-refractivity contribution is 7.67. The molecule has 0 N–H and O–H groups in total. The molecule has 0 saturated heterocycles. The third kappa shape index (κ3) is 4.20. The molecule has 0 aliphatic carbocycles. The summed E-state index contributed by atoms with van der Waals surface area (Å²) in [7, 11) is -2.73. The number of hydrogen-bond acceptors (Lipinski definition) is 3. The van der Waals surface area contributed by atoms with Gasteiger partial charge in [0.15, 0.2) is 0 Å². The van der Waals surface area contributed by atoms with Gasteiger partial charge in [0.25, 0.3) is 11.0 Å². The first kappa shape index (κ1) is 6.20. The van der Waals surface area contributed by atoms with E-state index in [-0.39, 0.29) is 6.07 Å². The maximum atomic E-state index is 9.33. The van der Waals surface area contributed by atoms with Crippen LogP contribution >= 0.6 is 11.6 Å². The molecule has 0 unspecified atom stereocenters. The summed E-state index contributed by atoms with van der Waals surface area (Å²) in [6.45, 7) is 0. The van der Waals surface area contributed by atoms with Gasteiger partial charge >= 0.3 is 0 Å². The van der Waals surface area contributed by atoms with Crippen molar-refractivity contribution in [1.82, 2.24) is 0 Å². The summed E-state index contributed by atoms with van der Waals surface area (Å²) in [4.78, 5) is 0. The van der Waals surface area contributed by atoms with Crippen molar-refractivity contribution in [2.75, 3.05) is 6.07 Å². The van der Waals surface area contributed by atoms with Crippen LogP contribution in [0, 0.1) is 0 Å². The Bertz CT molecular complexity index is 78.8. The molecule has 0 bridgehead atoms. The fraction of sp³-hybridized carbons (Fsp3) is 1.00. The van der Waals surface area contributed by atoms with E-state index in [0.29, 0.717) is 0 Å². The summed E-state index contributed by atoms with van der Waals surface area (Å²) in [5.74, 6) is 0. The first-order chi connectivity index (χ1) is 2.77. The highest BCUT2D eigenvalue weighted by Gasteiger charge is 1.74. The Kier molecular flexibility index (Phi) is 3.51. The molecule has 6 heavy (non-hydrogen) atoms. The molecule has 0 heterocycles. The Morgan fingerprint density at radius 2 is 2.17 bits per heavy atom. The summed E-state index contributed by atoms with van der Waals surface area (Å²) in [5.41, 5.74) is 0. The zero-order valence-electron chi connectivity index (χ0n) is 2.76. The second-order valence-electron chi connectivity index (χ2n) is 0.462. The van der Waals surface area contributed by atoms with Crippen molar-refractivity contribution < 1.29 is 12.6 Å². The summed E-state index contributed by atoms with van der Waals surface area (Å²) in [5, 5.41) is 0. The number of thiol groups is 1. The van der Waals surface area contributed by atoms with Gasteiger partial charge in [-0.2, -0.15) is 0 Å². The van der Waals surface area contributed by atoms with Crippen LogP contribution in [0.1, 0.15) is 0 Å². The van der Waals surface area contributed by atoms with Crippen LogP contribution in [0.2, 0.25) is 0 Å². The van der Waals surface area contributed by atoms with E-state index < -0.39 is 11.0 Å². The minimum atomic E-state index is -2.73. The van der Waals surface area contributed by atoms with Gasteiger partial charge in [-0.3, -0.25) is 4.18 Å². The van der Waals surface area contributed by atoms with Crippen LogP contribution in [-0.2, 0) is 15.2 Å². The maximum absolute atomic E-state index is 9.33. The second-order valence-corrected chi connectivity index (χ2v) is 1.39. The summed E-state index contributed by atoms with van der Waals surface area (Å²) < 4.78 is 22.4. The van der Waals surface area contributed by atoms with Crippen molar-refractivity contribution in [2.45, 2.75) is 0 Å². The third-order valence-corrected chi connectivity index (χ3v) is 0.755. The number of hydrogen-bond donors (Lipinski definition) is 1. The fourth-order valence-corrected chi connectivity index (χ4v) is 0.359. The van der Waals surface area contributed by atoms with Gasteiger partial charge in [-0.25, -0.2) is 8.42 Å². The molecule has 0 aliphatic rings. The lowest BCUT2D eigenvalue weighted by atomic mass is 11.7. The highest BCUT2D eigenvalue weighted by atomic mass is 35.5. The van der Waals surface area contributed by atoms with Gasteiger partial charge in [0.05, 0.1) is 0 Å². The molecular formula is CH3ClO3S. The van der Waals surface area contributed by atoms with E-state index in [2.05, 4.69) is 4.18 Å². The summed E-state index contributed by atoms with van der Waals surface area (Å²) >= 11 is 4.79. The monoisotopic (exact) mass is 130 g/mol. The zero-order chi connectivity index (χ0) is 4.99. The van der Waals surface area contributed by atoms with Gasteiger partial charge in [-0.15, -0.1) is 0 Å². The van der Waals surface area contributed by atoms with Crippen LogP contribution in [-0.4, -0.2) is 14.5 Å². The van der Waals surface area contributed by atoms with Crippen LogP contribution in [0.15, 0.2) is 0 Å². The molecule has 0 aromatic carbocycles. The van der Waals surface area contributed by atoms with Crippen molar-refractivity contribution in [2.24, 2.45) is 0 Å². The normalized spacial score (nSPS) is 9.67. The molecule has 3 nitrogen and oxygen atoms in total. The van der Waals surface area contributed by atoms with Gasteiger partial charge in [-0.05, 0) is 0 Å². The predicted molar refractivity (Wildman–Crippen MR) is 22.1 cm³/mol. The van der Waals surface area contributed by atoms with Crippen molar-refractivity contribution >= 4 is 22.6 Å². The standard InChI is InChI=1S/CH3ClO3S/c2-1-5-6(3)4/h6H,1H2. The SMILES string of the molecule is O=[SH](=O)OCCl. The van der Waals surface area contributed by atoms with E-state index in [1.165, 1.54) is 0 Å². The minimum absolute atomic E-state index is 0.293. The van der Waals surface area contributed by atoms with E-state index in [1.54, 1.807) is 0 Å².